The molecular formula is C60H33B7N2. The molecule has 9 heteroatoms. The Morgan fingerprint density at radius 3 is 1.36 bits per heavy atom. The Morgan fingerprint density at radius 2 is 0.739 bits per heavy atom. The van der Waals surface area contributed by atoms with Gasteiger partial charge in [-0.2, -0.15) is 0 Å². The van der Waals surface area contributed by atoms with Crippen LogP contribution in [0.15, 0.2) is 200 Å². The molecule has 0 fully saturated rings. The van der Waals surface area contributed by atoms with Crippen molar-refractivity contribution in [2.45, 2.75) is 0 Å². The zero-order valence-electron chi connectivity index (χ0n) is 37.5. The van der Waals surface area contributed by atoms with Crippen molar-refractivity contribution in [1.29, 1.82) is 0 Å². The lowest BCUT2D eigenvalue weighted by atomic mass is 9.64. The minimum atomic E-state index is 0.170. The van der Waals surface area contributed by atoms with Crippen molar-refractivity contribution in [2.75, 3.05) is 0 Å². The monoisotopic (exact) mass is 858 g/mol. The van der Waals surface area contributed by atoms with Gasteiger partial charge >= 0.3 is 0 Å². The van der Waals surface area contributed by atoms with E-state index in [-0.39, 0.29) is 21.9 Å². The lowest BCUT2D eigenvalue weighted by Gasteiger charge is -2.19. The van der Waals surface area contributed by atoms with Crippen LogP contribution < -0.4 is 38.2 Å². The third kappa shape index (κ3) is 6.73. The van der Waals surface area contributed by atoms with Crippen LogP contribution in [0.2, 0.25) is 0 Å². The molecule has 0 spiro atoms. The predicted octanol–water partition coefficient (Wildman–Crippen LogP) is 7.77. The van der Waals surface area contributed by atoms with Crippen molar-refractivity contribution in [3.8, 4) is 67.0 Å². The van der Waals surface area contributed by atoms with Gasteiger partial charge in [-0.25, -0.2) is 0 Å². The summed E-state index contributed by atoms with van der Waals surface area (Å²) in [5.41, 5.74) is 17.0. The van der Waals surface area contributed by atoms with Gasteiger partial charge in [0.1, 0.15) is 54.9 Å². The molecule has 0 aliphatic rings. The molecule has 14 radical (unpaired) electrons. The van der Waals surface area contributed by atoms with E-state index in [1.54, 1.807) is 0 Å². The van der Waals surface area contributed by atoms with Gasteiger partial charge in [-0.3, -0.25) is 0 Å². The lowest BCUT2D eigenvalue weighted by molar-refractivity contribution is 1.18. The molecule has 0 amide bonds. The predicted molar refractivity (Wildman–Crippen MR) is 300 cm³/mol. The molecule has 0 saturated heterocycles. The first kappa shape index (κ1) is 42.6. The van der Waals surface area contributed by atoms with Crippen molar-refractivity contribution in [3.63, 3.8) is 0 Å². The van der Waals surface area contributed by atoms with Crippen molar-refractivity contribution >= 4 is 137 Å². The summed E-state index contributed by atoms with van der Waals surface area (Å²) in [5.74, 6) is 0. The van der Waals surface area contributed by atoms with Crippen LogP contribution >= 0.6 is 0 Å². The molecule has 2 nitrogen and oxygen atoms in total. The topological polar surface area (TPSA) is 9.86 Å². The number of fused-ring (bicyclic) bond motifs is 6. The van der Waals surface area contributed by atoms with Gasteiger partial charge in [-0.15, -0.1) is 10.9 Å². The Balaban J connectivity index is 1.08. The molecule has 2 heterocycles. The van der Waals surface area contributed by atoms with Crippen LogP contribution in [0.3, 0.4) is 0 Å². The van der Waals surface area contributed by atoms with Gasteiger partial charge in [0.25, 0.3) is 0 Å². The maximum atomic E-state index is 7.45. The molecular weight excluding hydrogens is 824 g/mol. The highest BCUT2D eigenvalue weighted by molar-refractivity contribution is 6.69. The Morgan fingerprint density at radius 1 is 0.275 bits per heavy atom. The highest BCUT2D eigenvalue weighted by atomic mass is 15.0. The van der Waals surface area contributed by atoms with Crippen LogP contribution in [0, 0.1) is 0 Å². The van der Waals surface area contributed by atoms with Gasteiger partial charge in [-0.05, 0) is 80.2 Å². The summed E-state index contributed by atoms with van der Waals surface area (Å²) in [7, 11) is 49.1. The molecule has 0 aliphatic carbocycles. The van der Waals surface area contributed by atoms with Crippen LogP contribution in [0.5, 0.6) is 0 Å². The summed E-state index contributed by atoms with van der Waals surface area (Å²) in [6, 6.07) is 69.4. The molecule has 12 aromatic rings. The number of nitrogens with zero attached hydrogens (tertiary/aromatic N) is 2. The molecule has 69 heavy (non-hydrogen) atoms. The van der Waals surface area contributed by atoms with E-state index in [0.29, 0.717) is 43.8 Å². The zero-order valence-corrected chi connectivity index (χ0v) is 37.5. The average Bonchev–Trinajstić information content (AvgIpc) is 3.94. The van der Waals surface area contributed by atoms with E-state index < -0.39 is 0 Å². The van der Waals surface area contributed by atoms with Crippen molar-refractivity contribution in [2.24, 2.45) is 0 Å². The van der Waals surface area contributed by atoms with E-state index in [9.17, 15) is 0 Å². The summed E-state index contributed by atoms with van der Waals surface area (Å²) in [6.45, 7) is 0. The SMILES string of the molecule is [B]c1c([B])c([B])c2c(c1[B])c1c([B])c(-c3ccc4c(c3)c3cccc(-c5ccccc5)c3n4-c3ccccc3-c3ccccc3)c([B])c([B])c1n2-c1ccc(-c2ccc(-c3ccccc3)cc2)cc1. The van der Waals surface area contributed by atoms with E-state index in [4.69, 9.17) is 54.9 Å². The van der Waals surface area contributed by atoms with Gasteiger partial charge in [0, 0.05) is 44.0 Å². The second-order valence-corrected chi connectivity index (χ2v) is 17.6. The molecule has 0 bridgehead atoms. The van der Waals surface area contributed by atoms with Crippen LogP contribution in [0.1, 0.15) is 0 Å². The van der Waals surface area contributed by atoms with Crippen LogP contribution in [0.25, 0.3) is 111 Å². The molecule has 0 aliphatic heterocycles. The normalized spacial score (nSPS) is 11.6. The fourth-order valence-electron chi connectivity index (χ4n) is 10.4. The summed E-state index contributed by atoms with van der Waals surface area (Å²) in [6.07, 6.45) is 0. The van der Waals surface area contributed by atoms with Gasteiger partial charge in [-0.1, -0.05) is 197 Å². The number of hydrogen-bond donors (Lipinski definition) is 0. The van der Waals surface area contributed by atoms with E-state index in [0.717, 1.165) is 83.3 Å². The van der Waals surface area contributed by atoms with Gasteiger partial charge in [0.05, 0.1) is 16.7 Å². The van der Waals surface area contributed by atoms with E-state index in [1.807, 2.05) is 47.0 Å². The molecule has 0 N–H and O–H groups in total. The maximum absolute atomic E-state index is 7.45. The number of para-hydroxylation sites is 2. The van der Waals surface area contributed by atoms with Crippen molar-refractivity contribution in [1.82, 2.24) is 9.13 Å². The van der Waals surface area contributed by atoms with E-state index in [2.05, 4.69) is 162 Å². The molecule has 12 rings (SSSR count). The first-order valence-electron chi connectivity index (χ1n) is 22.8. The Bertz CT molecular complexity index is 3990. The second-order valence-electron chi connectivity index (χ2n) is 17.6. The Labute approximate surface area is 410 Å². The number of aromatic nitrogens is 2. The third-order valence-corrected chi connectivity index (χ3v) is 13.8. The van der Waals surface area contributed by atoms with Crippen LogP contribution in [0.4, 0.5) is 0 Å². The van der Waals surface area contributed by atoms with Gasteiger partial charge < -0.3 is 9.13 Å². The van der Waals surface area contributed by atoms with Crippen LogP contribution in [-0.2, 0) is 0 Å². The van der Waals surface area contributed by atoms with E-state index >= 15 is 0 Å². The highest BCUT2D eigenvalue weighted by Crippen LogP contribution is 2.42. The van der Waals surface area contributed by atoms with Crippen molar-refractivity contribution in [3.05, 3.63) is 200 Å². The minimum Gasteiger partial charge on any atom is -0.311 e. The third-order valence-electron chi connectivity index (χ3n) is 13.8. The fraction of sp³-hybridized carbons (Fsp3) is 0. The van der Waals surface area contributed by atoms with Gasteiger partial charge in [0.2, 0.25) is 0 Å². The number of rotatable bonds is 7. The highest BCUT2D eigenvalue weighted by Gasteiger charge is 2.26. The minimum absolute atomic E-state index is 0.170. The molecule has 0 saturated carbocycles. The van der Waals surface area contributed by atoms with E-state index in [1.165, 1.54) is 0 Å². The molecule has 304 valence electrons. The lowest BCUT2D eigenvalue weighted by Crippen LogP contribution is -2.48. The quantitative estimate of drug-likeness (QED) is 0.145. The number of hydrogen-bond acceptors (Lipinski definition) is 0. The Kier molecular flexibility index (Phi) is 10.4. The molecule has 10 aromatic carbocycles. The first-order chi connectivity index (χ1) is 33.7. The molecule has 2 aromatic heterocycles. The molecule has 0 atom stereocenters. The smallest absolute Gasteiger partial charge is 0.115 e. The number of benzene rings is 10. The first-order valence-corrected chi connectivity index (χ1v) is 22.8. The standard InChI is InChI=1S/C60H33B7N2/c61-51-48(40-29-32-47-45(33-40)44-21-12-20-43(39-17-8-3-9-18-39)58(44)69(47)46-22-11-10-19-42(46)38-15-6-2-7-16-38)52(62)56(66)59-49(51)50-53(63)54(64)55(65)57(67)60(50)68(59)41-30-27-37(28-31-41)36-25-23-35(24-26-36)34-13-4-1-5-14-34/h1-33H. The summed E-state index contributed by atoms with van der Waals surface area (Å²) >= 11 is 0. The summed E-state index contributed by atoms with van der Waals surface area (Å²) in [4.78, 5) is 0. The molecule has 0 unspecified atom stereocenters. The maximum Gasteiger partial charge on any atom is 0.115 e. The summed E-state index contributed by atoms with van der Waals surface area (Å²) < 4.78 is 4.32. The largest absolute Gasteiger partial charge is 0.311 e. The fourth-order valence-corrected chi connectivity index (χ4v) is 10.4. The second kappa shape index (κ2) is 16.8. The van der Waals surface area contributed by atoms with Crippen LogP contribution in [-0.4, -0.2) is 64.1 Å². The average molecular weight is 858 g/mol. The zero-order chi connectivity index (χ0) is 47.1. The van der Waals surface area contributed by atoms with Crippen molar-refractivity contribution < 1.29 is 0 Å². The van der Waals surface area contributed by atoms with Gasteiger partial charge in [0.15, 0.2) is 0 Å². The Hall–Kier alpha value is -7.75. The summed E-state index contributed by atoms with van der Waals surface area (Å²) in [5, 5.41) is 3.20.